The van der Waals surface area contributed by atoms with Crippen molar-refractivity contribution in [3.05, 3.63) is 69.7 Å². The Balaban J connectivity index is 1.94. The van der Waals surface area contributed by atoms with Crippen molar-refractivity contribution in [1.29, 1.82) is 0 Å². The normalized spacial score (nSPS) is 13.5. The molecule has 0 aliphatic rings. The zero-order valence-corrected chi connectivity index (χ0v) is 17.8. The van der Waals surface area contributed by atoms with Crippen LogP contribution < -0.4 is 0 Å². The Morgan fingerprint density at radius 2 is 1.11 bits per heavy atom. The van der Waals surface area contributed by atoms with Gasteiger partial charge in [0.2, 0.25) is 0 Å². The van der Waals surface area contributed by atoms with Gasteiger partial charge in [0.1, 0.15) is 6.10 Å². The van der Waals surface area contributed by atoms with Crippen LogP contribution in [0.5, 0.6) is 0 Å². The highest BCUT2D eigenvalue weighted by atomic mass is 35.5. The molecule has 0 N–H and O–H groups in total. The maximum Gasteiger partial charge on any atom is 0.125 e. The van der Waals surface area contributed by atoms with E-state index in [2.05, 4.69) is 6.92 Å². The van der Waals surface area contributed by atoms with Gasteiger partial charge in [-0.15, -0.1) is 0 Å². The number of rotatable bonds is 12. The molecule has 147 valence electrons. The van der Waals surface area contributed by atoms with Crippen LogP contribution in [0.2, 0.25) is 10.0 Å². The van der Waals surface area contributed by atoms with Crippen LogP contribution in [0.15, 0.2) is 48.5 Å². The van der Waals surface area contributed by atoms with Crippen molar-refractivity contribution in [3.8, 4) is 0 Å². The Hall–Kier alpha value is -1.02. The third kappa shape index (κ3) is 7.86. The molecule has 1 radical (unpaired) electrons. The minimum atomic E-state index is -0.784. The second-order valence-corrected chi connectivity index (χ2v) is 8.27. The maximum atomic E-state index is 13.2. The molecule has 27 heavy (non-hydrogen) atoms. The smallest absolute Gasteiger partial charge is 0.125 e. The number of benzene rings is 2. The molecule has 2 aromatic rings. The summed E-state index contributed by atoms with van der Waals surface area (Å²) in [6, 6.07) is 15.1. The van der Waals surface area contributed by atoms with Gasteiger partial charge in [0, 0.05) is 16.0 Å². The zero-order chi connectivity index (χ0) is 19.5. The average molecular weight is 406 g/mol. The second kappa shape index (κ2) is 12.4. The molecule has 0 bridgehead atoms. The van der Waals surface area contributed by atoms with Crippen molar-refractivity contribution in [3.63, 3.8) is 0 Å². The van der Waals surface area contributed by atoms with Crippen LogP contribution in [0.3, 0.4) is 0 Å². The Morgan fingerprint density at radius 3 is 1.63 bits per heavy atom. The highest BCUT2D eigenvalue weighted by Crippen LogP contribution is 2.36. The lowest BCUT2D eigenvalue weighted by Gasteiger charge is -2.22. The molecule has 0 heterocycles. The van der Waals surface area contributed by atoms with Gasteiger partial charge in [-0.2, -0.15) is 0 Å². The fraction of sp³-hybridized carbons (Fsp3) is 0.500. The second-order valence-electron chi connectivity index (χ2n) is 7.39. The molecule has 2 rings (SSSR count). The summed E-state index contributed by atoms with van der Waals surface area (Å²) in [5.41, 5.74) is 1.89. The van der Waals surface area contributed by atoms with Crippen LogP contribution >= 0.6 is 23.2 Å². The number of hydrogen-bond acceptors (Lipinski definition) is 0. The lowest BCUT2D eigenvalue weighted by molar-refractivity contribution is 0.0595. The van der Waals surface area contributed by atoms with E-state index in [0.29, 0.717) is 10.0 Å². The Labute approximate surface area is 174 Å². The first-order chi connectivity index (χ1) is 13.1. The molecule has 0 spiro atoms. The summed E-state index contributed by atoms with van der Waals surface area (Å²) >= 11 is 12.0. The lowest BCUT2D eigenvalue weighted by atomic mass is 9.85. The molecule has 0 fully saturated rings. The van der Waals surface area contributed by atoms with E-state index in [0.717, 1.165) is 24.0 Å². The molecule has 0 aliphatic heterocycles. The van der Waals surface area contributed by atoms with Gasteiger partial charge in [0.15, 0.2) is 0 Å². The Bertz CT molecular complexity index is 636. The molecule has 2 aromatic carbocycles. The standard InChI is InChI=1S/C24H31Cl2O/c1-2-3-4-5-6-7-8-9-10-23(19-11-15-21(25)16-12-19)24(27)20-13-17-22(26)18-14-20/h11-18,23-24H,2-10H2,1H3. The minimum Gasteiger partial charge on any atom is -0.227 e. The molecule has 0 saturated heterocycles. The lowest BCUT2D eigenvalue weighted by Crippen LogP contribution is -2.10. The number of hydrogen-bond donors (Lipinski definition) is 0. The van der Waals surface area contributed by atoms with Gasteiger partial charge in [-0.25, -0.2) is 5.11 Å². The van der Waals surface area contributed by atoms with Crippen LogP contribution in [-0.4, -0.2) is 0 Å². The van der Waals surface area contributed by atoms with Crippen molar-refractivity contribution >= 4 is 23.2 Å². The monoisotopic (exact) mass is 405 g/mol. The first-order valence-electron chi connectivity index (χ1n) is 10.3. The fourth-order valence-electron chi connectivity index (χ4n) is 3.59. The summed E-state index contributed by atoms with van der Waals surface area (Å²) in [5.74, 6) is -0.0384. The van der Waals surface area contributed by atoms with E-state index in [-0.39, 0.29) is 5.92 Å². The van der Waals surface area contributed by atoms with Crippen LogP contribution in [0.1, 0.15) is 87.9 Å². The SMILES string of the molecule is CCCCCCCCCCC(c1ccc(Cl)cc1)C([O])c1ccc(Cl)cc1. The van der Waals surface area contributed by atoms with Crippen LogP contribution in [0.25, 0.3) is 0 Å². The third-order valence-electron chi connectivity index (χ3n) is 5.23. The van der Waals surface area contributed by atoms with E-state index < -0.39 is 6.10 Å². The number of unbranched alkanes of at least 4 members (excludes halogenated alkanes) is 7. The van der Waals surface area contributed by atoms with Gasteiger partial charge in [-0.3, -0.25) is 0 Å². The molecule has 0 aromatic heterocycles. The van der Waals surface area contributed by atoms with E-state index in [1.165, 1.54) is 44.9 Å². The van der Waals surface area contributed by atoms with Crippen molar-refractivity contribution in [2.24, 2.45) is 0 Å². The van der Waals surface area contributed by atoms with Crippen molar-refractivity contribution < 1.29 is 5.11 Å². The molecular formula is C24H31Cl2O. The molecule has 2 atom stereocenters. The molecule has 0 aliphatic carbocycles. The average Bonchev–Trinajstić information content (AvgIpc) is 2.68. The van der Waals surface area contributed by atoms with E-state index in [1.54, 1.807) is 12.1 Å². The van der Waals surface area contributed by atoms with E-state index >= 15 is 0 Å². The van der Waals surface area contributed by atoms with E-state index in [1.807, 2.05) is 36.4 Å². The summed E-state index contributed by atoms with van der Waals surface area (Å²) in [5, 5.41) is 14.6. The van der Waals surface area contributed by atoms with Crippen molar-refractivity contribution in [2.75, 3.05) is 0 Å². The first kappa shape index (κ1) is 22.3. The van der Waals surface area contributed by atoms with E-state index in [4.69, 9.17) is 23.2 Å². The van der Waals surface area contributed by atoms with Gasteiger partial charge < -0.3 is 0 Å². The van der Waals surface area contributed by atoms with Gasteiger partial charge in [0.25, 0.3) is 0 Å². The van der Waals surface area contributed by atoms with Gasteiger partial charge in [-0.05, 0) is 41.8 Å². The summed E-state index contributed by atoms with van der Waals surface area (Å²) in [6.45, 7) is 2.25. The van der Waals surface area contributed by atoms with Crippen molar-refractivity contribution in [1.82, 2.24) is 0 Å². The summed E-state index contributed by atoms with van der Waals surface area (Å²) < 4.78 is 0. The largest absolute Gasteiger partial charge is 0.227 e. The summed E-state index contributed by atoms with van der Waals surface area (Å²) in [6.07, 6.45) is 10.3. The third-order valence-corrected chi connectivity index (χ3v) is 5.73. The van der Waals surface area contributed by atoms with Gasteiger partial charge in [0.05, 0.1) is 0 Å². The molecule has 1 nitrogen and oxygen atoms in total. The van der Waals surface area contributed by atoms with Crippen molar-refractivity contribution in [2.45, 2.75) is 76.7 Å². The Kier molecular flexibility index (Phi) is 10.3. The molecule has 0 saturated carbocycles. The fourth-order valence-corrected chi connectivity index (χ4v) is 3.84. The summed E-state index contributed by atoms with van der Waals surface area (Å²) in [7, 11) is 0. The summed E-state index contributed by atoms with van der Waals surface area (Å²) in [4.78, 5) is 0. The molecular weight excluding hydrogens is 375 g/mol. The quantitative estimate of drug-likeness (QED) is 0.314. The minimum absolute atomic E-state index is 0.0384. The van der Waals surface area contributed by atoms with Crippen LogP contribution in [0.4, 0.5) is 0 Å². The molecule has 3 heteroatoms. The maximum absolute atomic E-state index is 13.2. The topological polar surface area (TPSA) is 19.9 Å². The number of halogens is 2. The van der Waals surface area contributed by atoms with Gasteiger partial charge >= 0.3 is 0 Å². The van der Waals surface area contributed by atoms with E-state index in [9.17, 15) is 5.11 Å². The van der Waals surface area contributed by atoms with Crippen LogP contribution in [-0.2, 0) is 5.11 Å². The molecule has 2 unspecified atom stereocenters. The van der Waals surface area contributed by atoms with Gasteiger partial charge in [-0.1, -0.05) is 106 Å². The predicted octanol–water partition coefficient (Wildman–Crippen LogP) is 8.78. The highest BCUT2D eigenvalue weighted by Gasteiger charge is 2.24. The predicted molar refractivity (Wildman–Crippen MR) is 116 cm³/mol. The first-order valence-corrected chi connectivity index (χ1v) is 11.0. The molecule has 0 amide bonds. The highest BCUT2D eigenvalue weighted by molar-refractivity contribution is 6.30. The Morgan fingerprint density at radius 1 is 0.667 bits per heavy atom. The zero-order valence-electron chi connectivity index (χ0n) is 16.3. The van der Waals surface area contributed by atoms with Crippen LogP contribution in [0, 0.1) is 0 Å².